The van der Waals surface area contributed by atoms with E-state index in [0.29, 0.717) is 5.76 Å². The van der Waals surface area contributed by atoms with Crippen molar-refractivity contribution in [2.75, 3.05) is 20.2 Å². The lowest BCUT2D eigenvalue weighted by Crippen LogP contribution is -2.17. The van der Waals surface area contributed by atoms with Gasteiger partial charge in [-0.1, -0.05) is 31.7 Å². The first-order chi connectivity index (χ1) is 6.11. The van der Waals surface area contributed by atoms with Crippen molar-refractivity contribution in [3.8, 4) is 0 Å². The van der Waals surface area contributed by atoms with E-state index < -0.39 is 0 Å². The predicted octanol–water partition coefficient (Wildman–Crippen LogP) is 2.26. The fourth-order valence-electron chi connectivity index (χ4n) is 0.918. The molecule has 0 radical (unpaired) electrons. The molecule has 0 saturated heterocycles. The van der Waals surface area contributed by atoms with E-state index in [1.165, 1.54) is 0 Å². The average molecular weight is 181 g/mol. The van der Waals surface area contributed by atoms with Gasteiger partial charge in [0.2, 0.25) is 0 Å². The molecular weight excluding hydrogens is 162 g/mol. The third-order valence-corrected chi connectivity index (χ3v) is 1.59. The highest BCUT2D eigenvalue weighted by Gasteiger charge is 2.01. The summed E-state index contributed by atoms with van der Waals surface area (Å²) in [7, 11) is 1.63. The number of likely N-dealkylation sites (N-methyl/N-ethyl adjacent to an activating group) is 1. The van der Waals surface area contributed by atoms with Gasteiger partial charge in [-0.15, -0.1) is 0 Å². The SMILES string of the molecule is C=C(C)/C=C(/CNCC)C(=C)OC. The van der Waals surface area contributed by atoms with Crippen LogP contribution in [-0.4, -0.2) is 20.2 Å². The minimum Gasteiger partial charge on any atom is -0.497 e. The number of allylic oxidation sites excluding steroid dienone is 2. The number of nitrogens with one attached hydrogen (secondary N) is 1. The van der Waals surface area contributed by atoms with Crippen molar-refractivity contribution in [1.82, 2.24) is 5.32 Å². The molecule has 0 aromatic heterocycles. The molecule has 1 N–H and O–H groups in total. The van der Waals surface area contributed by atoms with Crippen molar-refractivity contribution in [3.05, 3.63) is 36.1 Å². The zero-order valence-corrected chi connectivity index (χ0v) is 8.81. The molecule has 0 atom stereocenters. The molecule has 0 heterocycles. The molecule has 0 aromatic rings. The van der Waals surface area contributed by atoms with Gasteiger partial charge in [0.1, 0.15) is 5.76 Å². The Hall–Kier alpha value is -1.02. The summed E-state index contributed by atoms with van der Waals surface area (Å²) in [6, 6.07) is 0. The van der Waals surface area contributed by atoms with Gasteiger partial charge in [-0.05, 0) is 13.5 Å². The summed E-state index contributed by atoms with van der Waals surface area (Å²) in [5.74, 6) is 0.698. The van der Waals surface area contributed by atoms with Crippen LogP contribution in [0.2, 0.25) is 0 Å². The zero-order valence-electron chi connectivity index (χ0n) is 8.81. The molecule has 0 unspecified atom stereocenters. The van der Waals surface area contributed by atoms with Gasteiger partial charge in [0, 0.05) is 12.1 Å². The minimum absolute atomic E-state index is 0.698. The van der Waals surface area contributed by atoms with Crippen LogP contribution in [0.1, 0.15) is 13.8 Å². The van der Waals surface area contributed by atoms with Gasteiger partial charge >= 0.3 is 0 Å². The van der Waals surface area contributed by atoms with Crippen molar-refractivity contribution in [2.24, 2.45) is 0 Å². The third kappa shape index (κ3) is 5.26. The number of methoxy groups -OCH3 is 1. The zero-order chi connectivity index (χ0) is 10.3. The number of rotatable bonds is 6. The number of ether oxygens (including phenoxy) is 1. The van der Waals surface area contributed by atoms with Crippen molar-refractivity contribution in [1.29, 1.82) is 0 Å². The summed E-state index contributed by atoms with van der Waals surface area (Å²) >= 11 is 0. The Labute approximate surface area is 81.0 Å². The first-order valence-corrected chi connectivity index (χ1v) is 4.41. The monoisotopic (exact) mass is 181 g/mol. The lowest BCUT2D eigenvalue weighted by atomic mass is 10.1. The van der Waals surface area contributed by atoms with Crippen LogP contribution in [0.15, 0.2) is 36.1 Å². The third-order valence-electron chi connectivity index (χ3n) is 1.59. The Morgan fingerprint density at radius 2 is 2.08 bits per heavy atom. The second-order valence-corrected chi connectivity index (χ2v) is 2.92. The minimum atomic E-state index is 0.698. The van der Waals surface area contributed by atoms with Crippen LogP contribution in [-0.2, 0) is 4.74 Å². The van der Waals surface area contributed by atoms with Crippen LogP contribution < -0.4 is 5.32 Å². The van der Waals surface area contributed by atoms with E-state index in [1.54, 1.807) is 7.11 Å². The molecule has 74 valence electrons. The second-order valence-electron chi connectivity index (χ2n) is 2.92. The molecule has 0 spiro atoms. The summed E-state index contributed by atoms with van der Waals surface area (Å²) in [4.78, 5) is 0. The summed E-state index contributed by atoms with van der Waals surface area (Å²) < 4.78 is 5.07. The fourth-order valence-corrected chi connectivity index (χ4v) is 0.918. The summed E-state index contributed by atoms with van der Waals surface area (Å²) in [6.45, 7) is 13.4. The van der Waals surface area contributed by atoms with Crippen molar-refractivity contribution in [3.63, 3.8) is 0 Å². The molecule has 0 amide bonds. The van der Waals surface area contributed by atoms with Crippen LogP contribution in [0.5, 0.6) is 0 Å². The number of hydrogen-bond acceptors (Lipinski definition) is 2. The molecule has 0 saturated carbocycles. The van der Waals surface area contributed by atoms with E-state index in [2.05, 4.69) is 25.4 Å². The predicted molar refractivity (Wildman–Crippen MR) is 57.6 cm³/mol. The van der Waals surface area contributed by atoms with Crippen LogP contribution in [0.3, 0.4) is 0 Å². The fraction of sp³-hybridized carbons (Fsp3) is 0.455. The van der Waals surface area contributed by atoms with Gasteiger partial charge in [0.25, 0.3) is 0 Å². The molecule has 0 aliphatic rings. The smallest absolute Gasteiger partial charge is 0.116 e. The maximum Gasteiger partial charge on any atom is 0.116 e. The lowest BCUT2D eigenvalue weighted by molar-refractivity contribution is 0.300. The first kappa shape index (κ1) is 12.0. The van der Waals surface area contributed by atoms with Gasteiger partial charge in [-0.3, -0.25) is 0 Å². The highest BCUT2D eigenvalue weighted by atomic mass is 16.5. The maximum atomic E-state index is 5.07. The highest BCUT2D eigenvalue weighted by Crippen LogP contribution is 2.09. The summed E-state index contributed by atoms with van der Waals surface area (Å²) in [6.07, 6.45) is 1.98. The Morgan fingerprint density at radius 1 is 1.46 bits per heavy atom. The summed E-state index contributed by atoms with van der Waals surface area (Å²) in [5.41, 5.74) is 2.06. The first-order valence-electron chi connectivity index (χ1n) is 4.41. The average Bonchev–Trinajstić information content (AvgIpc) is 2.10. The Bertz CT molecular complexity index is 216. The maximum absolute atomic E-state index is 5.07. The second kappa shape index (κ2) is 6.49. The van der Waals surface area contributed by atoms with Crippen LogP contribution >= 0.6 is 0 Å². The Kier molecular flexibility index (Phi) is 5.98. The number of hydrogen-bond donors (Lipinski definition) is 1. The van der Waals surface area contributed by atoms with Crippen molar-refractivity contribution < 1.29 is 4.74 Å². The molecule has 0 aromatic carbocycles. The Morgan fingerprint density at radius 3 is 2.46 bits per heavy atom. The van der Waals surface area contributed by atoms with Gasteiger partial charge in [-0.2, -0.15) is 0 Å². The van der Waals surface area contributed by atoms with Crippen LogP contribution in [0.25, 0.3) is 0 Å². The van der Waals surface area contributed by atoms with Gasteiger partial charge in [-0.25, -0.2) is 0 Å². The lowest BCUT2D eigenvalue weighted by Gasteiger charge is -2.10. The van der Waals surface area contributed by atoms with Gasteiger partial charge in [0.15, 0.2) is 0 Å². The van der Waals surface area contributed by atoms with Crippen molar-refractivity contribution >= 4 is 0 Å². The molecule has 13 heavy (non-hydrogen) atoms. The van der Waals surface area contributed by atoms with E-state index in [0.717, 1.165) is 24.2 Å². The van der Waals surface area contributed by atoms with Crippen LogP contribution in [0.4, 0.5) is 0 Å². The molecular formula is C11H19NO. The standard InChI is InChI=1S/C11H19NO/c1-6-12-8-11(7-9(2)3)10(4)13-5/h7,12H,2,4,6,8H2,1,3,5H3/b11-7-. The van der Waals surface area contributed by atoms with E-state index in [4.69, 9.17) is 4.74 Å². The topological polar surface area (TPSA) is 21.3 Å². The Balaban J connectivity index is 4.36. The molecule has 0 aliphatic heterocycles. The summed E-state index contributed by atoms with van der Waals surface area (Å²) in [5, 5.41) is 3.22. The van der Waals surface area contributed by atoms with Crippen LogP contribution in [0, 0.1) is 0 Å². The van der Waals surface area contributed by atoms with E-state index in [-0.39, 0.29) is 0 Å². The van der Waals surface area contributed by atoms with Gasteiger partial charge in [0.05, 0.1) is 7.11 Å². The van der Waals surface area contributed by atoms with E-state index in [9.17, 15) is 0 Å². The molecule has 0 bridgehead atoms. The normalized spacial score (nSPS) is 11.2. The molecule has 0 rings (SSSR count). The molecule has 2 heteroatoms. The van der Waals surface area contributed by atoms with E-state index in [1.807, 2.05) is 13.0 Å². The molecule has 0 fully saturated rings. The van der Waals surface area contributed by atoms with Gasteiger partial charge < -0.3 is 10.1 Å². The largest absolute Gasteiger partial charge is 0.497 e. The quantitative estimate of drug-likeness (QED) is 0.501. The van der Waals surface area contributed by atoms with Crippen molar-refractivity contribution in [2.45, 2.75) is 13.8 Å². The molecule has 0 aliphatic carbocycles. The molecule has 2 nitrogen and oxygen atoms in total. The highest BCUT2D eigenvalue weighted by molar-refractivity contribution is 5.31. The van der Waals surface area contributed by atoms with E-state index >= 15 is 0 Å².